The topological polar surface area (TPSA) is 73.2 Å². The van der Waals surface area contributed by atoms with Crippen LogP contribution in [0.4, 0.5) is 0 Å². The van der Waals surface area contributed by atoms with Gasteiger partial charge < -0.3 is 10.1 Å². The van der Waals surface area contributed by atoms with Crippen molar-refractivity contribution in [3.05, 3.63) is 76.6 Å². The van der Waals surface area contributed by atoms with Gasteiger partial charge in [0.25, 0.3) is 5.56 Å². The van der Waals surface area contributed by atoms with Crippen molar-refractivity contribution in [2.75, 3.05) is 18.9 Å². The molecule has 6 nitrogen and oxygen atoms in total. The predicted molar refractivity (Wildman–Crippen MR) is 117 cm³/mol. The Balaban J connectivity index is 1.61. The highest BCUT2D eigenvalue weighted by Gasteiger charge is 2.13. The molecule has 0 saturated heterocycles. The molecule has 0 atom stereocenters. The Morgan fingerprint density at radius 2 is 2.07 bits per heavy atom. The second-order valence-corrected chi connectivity index (χ2v) is 7.44. The molecule has 3 aromatic rings. The normalized spacial score (nSPS) is 10.7. The summed E-state index contributed by atoms with van der Waals surface area (Å²) in [5.74, 6) is 0.710. The van der Waals surface area contributed by atoms with Gasteiger partial charge in [-0.1, -0.05) is 47.6 Å². The quantitative estimate of drug-likeness (QED) is 0.244. The highest BCUT2D eigenvalue weighted by atomic mass is 35.5. The molecule has 3 rings (SSSR count). The zero-order valence-electron chi connectivity index (χ0n) is 15.6. The van der Waals surface area contributed by atoms with E-state index in [1.165, 1.54) is 16.3 Å². The van der Waals surface area contributed by atoms with Crippen LogP contribution in [0.25, 0.3) is 10.9 Å². The molecule has 1 amide bonds. The lowest BCUT2D eigenvalue weighted by Gasteiger charge is -2.12. The van der Waals surface area contributed by atoms with Crippen molar-refractivity contribution in [2.45, 2.75) is 11.7 Å². The van der Waals surface area contributed by atoms with Crippen LogP contribution >= 0.6 is 23.4 Å². The first kappa shape index (κ1) is 21.0. The number of amides is 1. The highest BCUT2D eigenvalue weighted by Crippen LogP contribution is 2.20. The molecule has 8 heteroatoms. The first-order valence-electron chi connectivity index (χ1n) is 8.97. The fourth-order valence-corrected chi connectivity index (χ4v) is 3.64. The monoisotopic (exact) mass is 429 g/mol. The second-order valence-electron chi connectivity index (χ2n) is 6.06. The third-order valence-corrected chi connectivity index (χ3v) is 5.17. The fraction of sp³-hybridized carbons (Fsp3) is 0.190. The van der Waals surface area contributed by atoms with Gasteiger partial charge in [0.05, 0.1) is 23.2 Å². The Kier molecular flexibility index (Phi) is 7.32. The summed E-state index contributed by atoms with van der Waals surface area (Å²) in [6.45, 7) is 4.75. The van der Waals surface area contributed by atoms with Crippen LogP contribution in [-0.2, 0) is 11.3 Å². The van der Waals surface area contributed by atoms with E-state index in [1.54, 1.807) is 24.3 Å². The van der Waals surface area contributed by atoms with Crippen molar-refractivity contribution < 1.29 is 9.53 Å². The molecule has 0 aliphatic heterocycles. The molecule has 1 N–H and O–H groups in total. The molecule has 0 unspecified atom stereocenters. The van der Waals surface area contributed by atoms with Gasteiger partial charge in [-0.3, -0.25) is 14.2 Å². The number of carbonyl (C=O) groups is 1. The number of thioether (sulfide) groups is 1. The first-order chi connectivity index (χ1) is 14.1. The maximum atomic E-state index is 12.7. The summed E-state index contributed by atoms with van der Waals surface area (Å²) in [7, 11) is 0. The van der Waals surface area contributed by atoms with E-state index in [0.717, 1.165) is 5.75 Å². The van der Waals surface area contributed by atoms with E-state index < -0.39 is 0 Å². The van der Waals surface area contributed by atoms with Crippen LogP contribution in [0.1, 0.15) is 0 Å². The van der Waals surface area contributed by atoms with Gasteiger partial charge in [0.1, 0.15) is 12.4 Å². The molecule has 0 radical (unpaired) electrons. The number of nitrogens with zero attached hydrogens (tertiary/aromatic N) is 2. The van der Waals surface area contributed by atoms with E-state index in [4.69, 9.17) is 16.3 Å². The molecule has 150 valence electrons. The molecule has 29 heavy (non-hydrogen) atoms. The molecule has 0 aliphatic rings. The number of halogens is 1. The molecule has 2 aromatic carbocycles. The maximum Gasteiger partial charge on any atom is 0.262 e. The van der Waals surface area contributed by atoms with Gasteiger partial charge in [-0.25, -0.2) is 4.98 Å². The van der Waals surface area contributed by atoms with Crippen LogP contribution < -0.4 is 15.6 Å². The molecule has 1 heterocycles. The minimum Gasteiger partial charge on any atom is -0.492 e. The van der Waals surface area contributed by atoms with Crippen molar-refractivity contribution >= 4 is 40.2 Å². The third-order valence-electron chi connectivity index (χ3n) is 3.96. The van der Waals surface area contributed by atoms with Crippen molar-refractivity contribution in [1.82, 2.24) is 14.9 Å². The van der Waals surface area contributed by atoms with E-state index in [2.05, 4.69) is 16.9 Å². The predicted octanol–water partition coefficient (Wildman–Crippen LogP) is 3.52. The Bertz CT molecular complexity index is 1070. The molecule has 0 aliphatic carbocycles. The Hall–Kier alpha value is -2.77. The number of rotatable bonds is 9. The van der Waals surface area contributed by atoms with Crippen molar-refractivity contribution in [3.63, 3.8) is 0 Å². The lowest BCUT2D eigenvalue weighted by atomic mass is 10.2. The highest BCUT2D eigenvalue weighted by molar-refractivity contribution is 7.99. The van der Waals surface area contributed by atoms with E-state index in [9.17, 15) is 9.59 Å². The standard InChI is InChI=1S/C21H20ClN3O3S/c1-2-11-25-20(27)17-9-8-15(22)13-18(17)24-21(25)29-14-19(26)23-10-12-28-16-6-4-3-5-7-16/h2-9,13H,1,10-12,14H2,(H,23,26). The number of benzene rings is 2. The van der Waals surface area contributed by atoms with Crippen molar-refractivity contribution in [1.29, 1.82) is 0 Å². The minimum atomic E-state index is -0.189. The second kappa shape index (κ2) is 10.1. The molecule has 0 spiro atoms. The van der Waals surface area contributed by atoms with Crippen LogP contribution in [0.15, 0.2) is 71.1 Å². The Morgan fingerprint density at radius 1 is 1.28 bits per heavy atom. The number of allylic oxidation sites excluding steroid dienone is 1. The van der Waals surface area contributed by atoms with Gasteiger partial charge >= 0.3 is 0 Å². The smallest absolute Gasteiger partial charge is 0.262 e. The molecule has 1 aromatic heterocycles. The number of carbonyl (C=O) groups excluding carboxylic acids is 1. The molecule has 0 saturated carbocycles. The van der Waals surface area contributed by atoms with Crippen LogP contribution in [0.2, 0.25) is 5.02 Å². The fourth-order valence-electron chi connectivity index (χ4n) is 2.63. The number of fused-ring (bicyclic) bond motifs is 1. The zero-order chi connectivity index (χ0) is 20.6. The van der Waals surface area contributed by atoms with E-state index >= 15 is 0 Å². The Labute approximate surface area is 177 Å². The number of aromatic nitrogens is 2. The Morgan fingerprint density at radius 3 is 2.83 bits per heavy atom. The van der Waals surface area contributed by atoms with Crippen molar-refractivity contribution in [2.24, 2.45) is 0 Å². The number of para-hydroxylation sites is 1. The number of hydrogen-bond donors (Lipinski definition) is 1. The van der Waals surface area contributed by atoms with E-state index in [0.29, 0.717) is 40.8 Å². The lowest BCUT2D eigenvalue weighted by molar-refractivity contribution is -0.118. The summed E-state index contributed by atoms with van der Waals surface area (Å²) in [5.41, 5.74) is 0.313. The van der Waals surface area contributed by atoms with Crippen molar-refractivity contribution in [3.8, 4) is 5.75 Å². The summed E-state index contributed by atoms with van der Waals surface area (Å²) in [4.78, 5) is 29.4. The summed E-state index contributed by atoms with van der Waals surface area (Å²) in [5, 5.41) is 4.21. The van der Waals surface area contributed by atoms with Crippen LogP contribution in [0.3, 0.4) is 0 Å². The number of ether oxygens (including phenoxy) is 1. The van der Waals surface area contributed by atoms with Crippen LogP contribution in [-0.4, -0.2) is 34.4 Å². The summed E-state index contributed by atoms with van der Waals surface area (Å²) >= 11 is 7.21. The largest absolute Gasteiger partial charge is 0.492 e. The summed E-state index contributed by atoms with van der Waals surface area (Å²) in [6.07, 6.45) is 1.62. The van der Waals surface area contributed by atoms with E-state index in [1.807, 2.05) is 30.3 Å². The summed E-state index contributed by atoms with van der Waals surface area (Å²) < 4.78 is 7.04. The number of hydrogen-bond acceptors (Lipinski definition) is 5. The van der Waals surface area contributed by atoms with Gasteiger partial charge in [0, 0.05) is 11.6 Å². The minimum absolute atomic E-state index is 0.126. The third kappa shape index (κ3) is 5.62. The molecular weight excluding hydrogens is 410 g/mol. The van der Waals surface area contributed by atoms with Gasteiger partial charge in [-0.2, -0.15) is 0 Å². The first-order valence-corrected chi connectivity index (χ1v) is 10.3. The van der Waals surface area contributed by atoms with Crippen LogP contribution in [0, 0.1) is 0 Å². The molecule has 0 fully saturated rings. The summed E-state index contributed by atoms with van der Waals surface area (Å²) in [6, 6.07) is 14.3. The maximum absolute atomic E-state index is 12.7. The number of nitrogens with one attached hydrogen (secondary N) is 1. The van der Waals surface area contributed by atoms with Gasteiger partial charge in [-0.15, -0.1) is 6.58 Å². The molecule has 0 bridgehead atoms. The average Bonchev–Trinajstić information content (AvgIpc) is 2.72. The van der Waals surface area contributed by atoms with Gasteiger partial charge in [0.15, 0.2) is 5.16 Å². The van der Waals surface area contributed by atoms with Gasteiger partial charge in [0.2, 0.25) is 5.91 Å². The zero-order valence-corrected chi connectivity index (χ0v) is 17.2. The van der Waals surface area contributed by atoms with Crippen LogP contribution in [0.5, 0.6) is 5.75 Å². The van der Waals surface area contributed by atoms with Gasteiger partial charge in [-0.05, 0) is 30.3 Å². The van der Waals surface area contributed by atoms with E-state index in [-0.39, 0.29) is 17.2 Å². The molecular formula is C21H20ClN3O3S. The SMILES string of the molecule is C=CCn1c(SCC(=O)NCCOc2ccccc2)nc2cc(Cl)ccc2c1=O. The average molecular weight is 430 g/mol. The lowest BCUT2D eigenvalue weighted by Crippen LogP contribution is -2.30.